The Morgan fingerprint density at radius 3 is 2.83 bits per heavy atom. The molecule has 0 unspecified atom stereocenters. The van der Waals surface area contributed by atoms with Crippen LogP contribution >= 0.6 is 0 Å². The number of aromatic amines is 1. The van der Waals surface area contributed by atoms with Crippen LogP contribution in [0, 0.1) is 0 Å². The van der Waals surface area contributed by atoms with Gasteiger partial charge in [0.15, 0.2) is 0 Å². The van der Waals surface area contributed by atoms with Crippen molar-refractivity contribution in [2.75, 3.05) is 0 Å². The minimum absolute atomic E-state index is 0.261. The maximum atomic E-state index is 12.8. The number of amides is 2. The van der Waals surface area contributed by atoms with Crippen LogP contribution in [-0.2, 0) is 20.8 Å². The number of fused-ring (bicyclic) bond motifs is 2. The monoisotopic (exact) mass is 327 g/mol. The summed E-state index contributed by atoms with van der Waals surface area (Å²) in [6.45, 7) is 0. The first kappa shape index (κ1) is 14.7. The zero-order chi connectivity index (χ0) is 16.8. The van der Waals surface area contributed by atoms with Gasteiger partial charge in [0.05, 0.1) is 0 Å². The molecule has 3 heterocycles. The van der Waals surface area contributed by atoms with Crippen LogP contribution in [0.15, 0.2) is 30.5 Å². The Kier molecular flexibility index (Phi) is 3.30. The van der Waals surface area contributed by atoms with Crippen molar-refractivity contribution in [3.63, 3.8) is 0 Å². The maximum absolute atomic E-state index is 12.8. The van der Waals surface area contributed by atoms with Crippen LogP contribution in [0.4, 0.5) is 0 Å². The van der Waals surface area contributed by atoms with E-state index < -0.39 is 24.1 Å². The van der Waals surface area contributed by atoms with Crippen LogP contribution in [0.3, 0.4) is 0 Å². The predicted octanol–water partition coefficient (Wildman–Crippen LogP) is 0.653. The second-order valence-corrected chi connectivity index (χ2v) is 6.32. The Balaban J connectivity index is 1.63. The average molecular weight is 327 g/mol. The molecule has 124 valence electrons. The van der Waals surface area contributed by atoms with Crippen LogP contribution < -0.4 is 5.32 Å². The van der Waals surface area contributed by atoms with Gasteiger partial charge in [-0.2, -0.15) is 0 Å². The lowest BCUT2D eigenvalue weighted by molar-refractivity contribution is -0.156. The topological polar surface area (TPSA) is 102 Å². The van der Waals surface area contributed by atoms with Crippen molar-refractivity contribution in [3.8, 4) is 0 Å². The molecule has 0 bridgehead atoms. The van der Waals surface area contributed by atoms with Crippen LogP contribution in [0.25, 0.3) is 10.9 Å². The first-order chi connectivity index (χ1) is 11.6. The Bertz CT molecular complexity index is 837. The highest BCUT2D eigenvalue weighted by atomic mass is 16.4. The minimum atomic E-state index is -1.05. The number of piperazine rings is 1. The molecule has 0 spiro atoms. The van der Waals surface area contributed by atoms with Gasteiger partial charge >= 0.3 is 5.97 Å². The van der Waals surface area contributed by atoms with Gasteiger partial charge in [0, 0.05) is 23.5 Å². The summed E-state index contributed by atoms with van der Waals surface area (Å²) in [7, 11) is 0. The molecule has 1 aromatic heterocycles. The molecule has 7 nitrogen and oxygen atoms in total. The van der Waals surface area contributed by atoms with E-state index in [0.717, 1.165) is 16.5 Å². The molecule has 2 fully saturated rings. The smallest absolute Gasteiger partial charge is 0.326 e. The number of carboxylic acids is 1. The number of nitrogens with one attached hydrogen (secondary N) is 2. The number of aromatic nitrogens is 1. The van der Waals surface area contributed by atoms with Crippen LogP contribution in [0.1, 0.15) is 18.4 Å². The fraction of sp³-hybridized carbons (Fsp3) is 0.353. The number of benzene rings is 1. The lowest BCUT2D eigenvalue weighted by Crippen LogP contribution is -2.64. The molecule has 24 heavy (non-hydrogen) atoms. The number of hydrogen-bond acceptors (Lipinski definition) is 3. The molecule has 7 heteroatoms. The molecule has 2 saturated heterocycles. The number of carbonyl (C=O) groups excluding carboxylic acids is 2. The van der Waals surface area contributed by atoms with Gasteiger partial charge < -0.3 is 20.3 Å². The molecule has 2 aliphatic rings. The lowest BCUT2D eigenvalue weighted by atomic mass is 10.0. The summed E-state index contributed by atoms with van der Waals surface area (Å²) in [5, 5.41) is 13.1. The molecule has 1 aromatic carbocycles. The maximum Gasteiger partial charge on any atom is 0.326 e. The van der Waals surface area contributed by atoms with Crippen molar-refractivity contribution in [3.05, 3.63) is 36.0 Å². The van der Waals surface area contributed by atoms with E-state index in [1.807, 2.05) is 30.5 Å². The number of H-pyrrole nitrogens is 1. The van der Waals surface area contributed by atoms with Crippen molar-refractivity contribution in [1.29, 1.82) is 0 Å². The van der Waals surface area contributed by atoms with Crippen molar-refractivity contribution in [2.45, 2.75) is 37.4 Å². The average Bonchev–Trinajstić information content (AvgIpc) is 3.17. The first-order valence-corrected chi connectivity index (χ1v) is 7.96. The third-order valence-corrected chi connectivity index (χ3v) is 4.94. The number of carboxylic acid groups (broad SMARTS) is 1. The standard InChI is InChI=1S/C17H17N3O4/c21-15-13-5-6-14(17(23)24)20(13)16(22)12(19-15)7-9-8-18-11-4-2-1-3-10(9)11/h1-4,8,12-14,18H,5-7H2,(H,19,21)(H,23,24)/t12-,13+,14+/m1/s1. The van der Waals surface area contributed by atoms with E-state index in [9.17, 15) is 19.5 Å². The first-order valence-electron chi connectivity index (χ1n) is 7.96. The van der Waals surface area contributed by atoms with Gasteiger partial charge in [0.1, 0.15) is 18.1 Å². The summed E-state index contributed by atoms with van der Waals surface area (Å²) in [6.07, 6.45) is 2.88. The molecule has 3 atom stereocenters. The Morgan fingerprint density at radius 2 is 2.04 bits per heavy atom. The third-order valence-electron chi connectivity index (χ3n) is 4.94. The minimum Gasteiger partial charge on any atom is -0.480 e. The molecule has 2 aliphatic heterocycles. The molecule has 0 radical (unpaired) electrons. The number of carbonyl (C=O) groups is 3. The van der Waals surface area contributed by atoms with Crippen LogP contribution in [-0.4, -0.2) is 50.9 Å². The molecule has 0 aliphatic carbocycles. The van der Waals surface area contributed by atoms with E-state index in [1.165, 1.54) is 4.90 Å². The molecule has 0 saturated carbocycles. The van der Waals surface area contributed by atoms with Crippen molar-refractivity contribution in [1.82, 2.24) is 15.2 Å². The highest BCUT2D eigenvalue weighted by Crippen LogP contribution is 2.29. The number of para-hydroxylation sites is 1. The summed E-state index contributed by atoms with van der Waals surface area (Å²) in [5.74, 6) is -1.62. The zero-order valence-corrected chi connectivity index (χ0v) is 12.9. The largest absolute Gasteiger partial charge is 0.480 e. The molecular weight excluding hydrogens is 310 g/mol. The summed E-state index contributed by atoms with van der Waals surface area (Å²) in [6, 6.07) is 5.44. The van der Waals surface area contributed by atoms with Gasteiger partial charge in [-0.15, -0.1) is 0 Å². The second kappa shape index (κ2) is 5.36. The van der Waals surface area contributed by atoms with Gasteiger partial charge in [0.2, 0.25) is 11.8 Å². The van der Waals surface area contributed by atoms with Crippen LogP contribution in [0.2, 0.25) is 0 Å². The quantitative estimate of drug-likeness (QED) is 0.770. The third kappa shape index (κ3) is 2.16. The number of aliphatic carboxylic acids is 1. The van der Waals surface area contributed by atoms with Crippen molar-refractivity contribution >= 4 is 28.7 Å². The van der Waals surface area contributed by atoms with E-state index in [-0.39, 0.29) is 11.8 Å². The molecule has 4 rings (SSSR count). The number of rotatable bonds is 3. The molecule has 2 amide bonds. The lowest BCUT2D eigenvalue weighted by Gasteiger charge is -2.36. The normalized spacial score (nSPS) is 26.5. The van der Waals surface area contributed by atoms with Gasteiger partial charge in [-0.3, -0.25) is 9.59 Å². The molecule has 2 aromatic rings. The van der Waals surface area contributed by atoms with Gasteiger partial charge in [0.25, 0.3) is 0 Å². The molecular formula is C17H17N3O4. The predicted molar refractivity (Wildman–Crippen MR) is 85.2 cm³/mol. The van der Waals surface area contributed by atoms with E-state index in [2.05, 4.69) is 10.3 Å². The van der Waals surface area contributed by atoms with E-state index in [4.69, 9.17) is 0 Å². The Labute approximate surface area is 137 Å². The van der Waals surface area contributed by atoms with Crippen LogP contribution in [0.5, 0.6) is 0 Å². The van der Waals surface area contributed by atoms with Crippen molar-refractivity contribution in [2.24, 2.45) is 0 Å². The summed E-state index contributed by atoms with van der Waals surface area (Å²) in [5.41, 5.74) is 1.89. The molecule has 3 N–H and O–H groups in total. The van der Waals surface area contributed by atoms with E-state index in [1.54, 1.807) is 0 Å². The fourth-order valence-corrected chi connectivity index (χ4v) is 3.79. The second-order valence-electron chi connectivity index (χ2n) is 6.32. The van der Waals surface area contributed by atoms with Gasteiger partial charge in [-0.25, -0.2) is 4.79 Å². The highest BCUT2D eigenvalue weighted by Gasteiger charge is 2.50. The van der Waals surface area contributed by atoms with Gasteiger partial charge in [-0.05, 0) is 24.5 Å². The summed E-state index contributed by atoms with van der Waals surface area (Å²) in [4.78, 5) is 40.8. The van der Waals surface area contributed by atoms with E-state index in [0.29, 0.717) is 19.3 Å². The highest BCUT2D eigenvalue weighted by molar-refractivity contribution is 6.00. The Morgan fingerprint density at radius 1 is 1.25 bits per heavy atom. The Hall–Kier alpha value is -2.83. The van der Waals surface area contributed by atoms with Gasteiger partial charge in [-0.1, -0.05) is 18.2 Å². The summed E-state index contributed by atoms with van der Waals surface area (Å²) >= 11 is 0. The fourth-order valence-electron chi connectivity index (χ4n) is 3.79. The summed E-state index contributed by atoms with van der Waals surface area (Å²) < 4.78 is 0. The zero-order valence-electron chi connectivity index (χ0n) is 12.9. The number of hydrogen-bond donors (Lipinski definition) is 3. The SMILES string of the molecule is O=C(O)[C@@H]1CC[C@H]2C(=O)N[C@H](Cc3c[nH]c4ccccc34)C(=O)N12. The number of nitrogens with zero attached hydrogens (tertiary/aromatic N) is 1. The van der Waals surface area contributed by atoms with Crippen molar-refractivity contribution < 1.29 is 19.5 Å². The van der Waals surface area contributed by atoms with E-state index >= 15 is 0 Å².